The summed E-state index contributed by atoms with van der Waals surface area (Å²) >= 11 is 3.32. The van der Waals surface area contributed by atoms with Gasteiger partial charge in [-0.15, -0.1) is 0 Å². The summed E-state index contributed by atoms with van der Waals surface area (Å²) in [5.41, 5.74) is 0.828. The maximum absolute atomic E-state index is 12.0. The summed E-state index contributed by atoms with van der Waals surface area (Å²) in [5, 5.41) is 0. The lowest BCUT2D eigenvalue weighted by Crippen LogP contribution is -2.40. The van der Waals surface area contributed by atoms with E-state index in [4.69, 9.17) is 4.74 Å². The minimum atomic E-state index is -3.06. The van der Waals surface area contributed by atoms with Crippen LogP contribution < -0.4 is 0 Å². The predicted molar refractivity (Wildman–Crippen MR) is 94.0 cm³/mol. The van der Waals surface area contributed by atoms with Crippen molar-refractivity contribution < 1.29 is 22.7 Å². The number of nitrogens with zero attached hydrogens (tertiary/aromatic N) is 1. The average molecular weight is 416 g/mol. The molecule has 1 aliphatic rings. The summed E-state index contributed by atoms with van der Waals surface area (Å²) < 4.78 is 28.7. The normalized spacial score (nSPS) is 19.3. The molecule has 24 heavy (non-hydrogen) atoms. The minimum absolute atomic E-state index is 0.0351. The quantitative estimate of drug-likeness (QED) is 0.539. The number of likely N-dealkylation sites (N-methyl/N-ethyl adjacent to an activating group) is 1. The minimum Gasteiger partial charge on any atom is -0.452 e. The molecule has 0 radical (unpaired) electrons. The number of hydrogen-bond acceptors (Lipinski definition) is 5. The largest absolute Gasteiger partial charge is 0.452 e. The molecule has 1 unspecified atom stereocenters. The first-order chi connectivity index (χ1) is 11.3. The number of hydrogen-bond donors (Lipinski definition) is 0. The molecule has 1 amide bonds. The van der Waals surface area contributed by atoms with E-state index in [1.54, 1.807) is 6.08 Å². The standard InChI is InChI=1S/C16H18BrNO5S/c1-18(14-8-9-24(21,22)11-14)15(19)10-23-16(20)7-4-12-2-5-13(17)6-3-12/h2-7,14H,8-11H2,1H3/b7-4+. The number of esters is 1. The van der Waals surface area contributed by atoms with Gasteiger partial charge in [-0.25, -0.2) is 13.2 Å². The van der Waals surface area contributed by atoms with E-state index in [0.29, 0.717) is 6.42 Å². The first kappa shape index (κ1) is 18.7. The number of halogens is 1. The van der Waals surface area contributed by atoms with Crippen molar-refractivity contribution in [2.24, 2.45) is 0 Å². The van der Waals surface area contributed by atoms with Crippen molar-refractivity contribution in [2.75, 3.05) is 25.2 Å². The smallest absolute Gasteiger partial charge is 0.331 e. The highest BCUT2D eigenvalue weighted by Gasteiger charge is 2.32. The van der Waals surface area contributed by atoms with E-state index in [1.807, 2.05) is 24.3 Å². The van der Waals surface area contributed by atoms with Gasteiger partial charge in [0, 0.05) is 23.6 Å². The van der Waals surface area contributed by atoms with Crippen LogP contribution >= 0.6 is 15.9 Å². The first-order valence-corrected chi connectivity index (χ1v) is 9.95. The van der Waals surface area contributed by atoms with Crippen LogP contribution in [-0.4, -0.2) is 56.4 Å². The van der Waals surface area contributed by atoms with E-state index in [2.05, 4.69) is 15.9 Å². The fraction of sp³-hybridized carbons (Fsp3) is 0.375. The third kappa shape index (κ3) is 5.45. The zero-order chi connectivity index (χ0) is 17.7. The highest BCUT2D eigenvalue weighted by atomic mass is 79.9. The van der Waals surface area contributed by atoms with Crippen LogP contribution in [-0.2, 0) is 24.2 Å². The van der Waals surface area contributed by atoms with Crippen molar-refractivity contribution in [2.45, 2.75) is 12.5 Å². The molecule has 1 fully saturated rings. The van der Waals surface area contributed by atoms with Crippen LogP contribution in [0.1, 0.15) is 12.0 Å². The fourth-order valence-electron chi connectivity index (χ4n) is 2.31. The molecular weight excluding hydrogens is 398 g/mol. The van der Waals surface area contributed by atoms with Gasteiger partial charge < -0.3 is 9.64 Å². The van der Waals surface area contributed by atoms with Crippen LogP contribution in [0.15, 0.2) is 34.8 Å². The Kier molecular flexibility index (Phi) is 6.17. The van der Waals surface area contributed by atoms with Gasteiger partial charge in [-0.05, 0) is 30.2 Å². The van der Waals surface area contributed by atoms with E-state index in [1.165, 1.54) is 18.0 Å². The van der Waals surface area contributed by atoms with Crippen LogP contribution in [0.5, 0.6) is 0 Å². The van der Waals surface area contributed by atoms with Crippen molar-refractivity contribution in [1.82, 2.24) is 4.90 Å². The van der Waals surface area contributed by atoms with Gasteiger partial charge in [0.1, 0.15) is 0 Å². The Bertz CT molecular complexity index is 742. The lowest BCUT2D eigenvalue weighted by Gasteiger charge is -2.22. The number of benzene rings is 1. The molecule has 0 spiro atoms. The van der Waals surface area contributed by atoms with E-state index in [-0.39, 0.29) is 17.5 Å². The Morgan fingerprint density at radius 2 is 2.00 bits per heavy atom. The molecule has 0 aromatic heterocycles. The average Bonchev–Trinajstić information content (AvgIpc) is 2.91. The molecule has 6 nitrogen and oxygen atoms in total. The van der Waals surface area contributed by atoms with Crippen molar-refractivity contribution in [3.63, 3.8) is 0 Å². The summed E-state index contributed by atoms with van der Waals surface area (Å²) in [6.45, 7) is -0.406. The molecule has 1 saturated heterocycles. The molecular formula is C16H18BrNO5S. The Hall–Kier alpha value is -1.67. The summed E-state index contributed by atoms with van der Waals surface area (Å²) in [6, 6.07) is 7.00. The summed E-state index contributed by atoms with van der Waals surface area (Å²) in [7, 11) is -1.54. The SMILES string of the molecule is CN(C(=O)COC(=O)/C=C/c1ccc(Br)cc1)C1CCS(=O)(=O)C1. The first-order valence-electron chi connectivity index (χ1n) is 7.33. The molecule has 0 aliphatic carbocycles. The van der Waals surface area contributed by atoms with Crippen LogP contribution in [0.4, 0.5) is 0 Å². The van der Waals surface area contributed by atoms with E-state index in [9.17, 15) is 18.0 Å². The van der Waals surface area contributed by atoms with Crippen molar-refractivity contribution >= 4 is 43.7 Å². The molecule has 0 bridgehead atoms. The molecule has 0 N–H and O–H groups in total. The molecule has 0 saturated carbocycles. The third-order valence-electron chi connectivity index (χ3n) is 3.77. The molecule has 1 aromatic carbocycles. The second-order valence-electron chi connectivity index (χ2n) is 5.55. The van der Waals surface area contributed by atoms with E-state index in [0.717, 1.165) is 10.0 Å². The van der Waals surface area contributed by atoms with Gasteiger partial charge >= 0.3 is 5.97 Å². The third-order valence-corrected chi connectivity index (χ3v) is 6.05. The second kappa shape index (κ2) is 7.94. The van der Waals surface area contributed by atoms with Crippen LogP contribution in [0.2, 0.25) is 0 Å². The van der Waals surface area contributed by atoms with Crippen LogP contribution in [0, 0.1) is 0 Å². The molecule has 1 atom stereocenters. The monoisotopic (exact) mass is 415 g/mol. The highest BCUT2D eigenvalue weighted by molar-refractivity contribution is 9.10. The summed E-state index contributed by atoms with van der Waals surface area (Å²) in [5.74, 6) is -0.987. The van der Waals surface area contributed by atoms with Gasteiger partial charge in [0.25, 0.3) is 5.91 Å². The van der Waals surface area contributed by atoms with E-state index < -0.39 is 28.3 Å². The number of sulfone groups is 1. The van der Waals surface area contributed by atoms with Crippen LogP contribution in [0.3, 0.4) is 0 Å². The number of amides is 1. The van der Waals surface area contributed by atoms with E-state index >= 15 is 0 Å². The number of ether oxygens (including phenoxy) is 1. The van der Waals surface area contributed by atoms with Gasteiger partial charge in [-0.3, -0.25) is 4.79 Å². The van der Waals surface area contributed by atoms with Gasteiger partial charge in [0.2, 0.25) is 0 Å². The summed E-state index contributed by atoms with van der Waals surface area (Å²) in [4.78, 5) is 25.0. The maximum Gasteiger partial charge on any atom is 0.331 e. The zero-order valence-electron chi connectivity index (χ0n) is 13.1. The Morgan fingerprint density at radius 3 is 2.58 bits per heavy atom. The molecule has 130 valence electrons. The lowest BCUT2D eigenvalue weighted by atomic mass is 10.2. The maximum atomic E-state index is 12.0. The van der Waals surface area contributed by atoms with Gasteiger partial charge in [0.05, 0.1) is 11.5 Å². The Morgan fingerprint density at radius 1 is 1.33 bits per heavy atom. The summed E-state index contributed by atoms with van der Waals surface area (Å²) in [6.07, 6.45) is 3.26. The predicted octanol–water partition coefficient (Wildman–Crippen LogP) is 1.65. The van der Waals surface area contributed by atoms with Gasteiger partial charge in [0.15, 0.2) is 16.4 Å². The molecule has 2 rings (SSSR count). The number of rotatable bonds is 5. The highest BCUT2D eigenvalue weighted by Crippen LogP contribution is 2.16. The topological polar surface area (TPSA) is 80.8 Å². The van der Waals surface area contributed by atoms with Gasteiger partial charge in [-0.2, -0.15) is 0 Å². The molecule has 1 heterocycles. The fourth-order valence-corrected chi connectivity index (χ4v) is 4.34. The molecule has 8 heteroatoms. The number of carbonyl (C=O) groups excluding carboxylic acids is 2. The van der Waals surface area contributed by atoms with Crippen molar-refractivity contribution in [3.05, 3.63) is 40.4 Å². The zero-order valence-corrected chi connectivity index (χ0v) is 15.5. The van der Waals surface area contributed by atoms with Gasteiger partial charge in [-0.1, -0.05) is 28.1 Å². The molecule has 1 aliphatic heterocycles. The second-order valence-corrected chi connectivity index (χ2v) is 8.70. The van der Waals surface area contributed by atoms with Crippen LogP contribution in [0.25, 0.3) is 6.08 Å². The Labute approximate surface area is 149 Å². The number of carbonyl (C=O) groups is 2. The van der Waals surface area contributed by atoms with Crippen molar-refractivity contribution in [3.8, 4) is 0 Å². The lowest BCUT2D eigenvalue weighted by molar-refractivity contribution is -0.148. The molecule has 1 aromatic rings. The Balaban J connectivity index is 1.80. The van der Waals surface area contributed by atoms with Crippen molar-refractivity contribution in [1.29, 1.82) is 0 Å².